The fourth-order valence-electron chi connectivity index (χ4n) is 3.11. The van der Waals surface area contributed by atoms with Crippen LogP contribution in [0.5, 0.6) is 0 Å². The Kier molecular flexibility index (Phi) is 3.14. The predicted octanol–water partition coefficient (Wildman–Crippen LogP) is 4.60. The van der Waals surface area contributed by atoms with E-state index in [0.29, 0.717) is 0 Å². The second-order valence-electron chi connectivity index (χ2n) is 4.99. The molecule has 0 spiro atoms. The minimum Gasteiger partial charge on any atom is -0.0651 e. The Morgan fingerprint density at radius 3 is 2.73 bits per heavy atom. The second kappa shape index (κ2) is 4.38. The van der Waals surface area contributed by atoms with E-state index in [1.54, 1.807) is 5.56 Å². The highest BCUT2D eigenvalue weighted by molar-refractivity contribution is 5.36. The summed E-state index contributed by atoms with van der Waals surface area (Å²) in [6.45, 7) is 6.86. The molecule has 2 atom stereocenters. The van der Waals surface area contributed by atoms with Crippen LogP contribution in [-0.2, 0) is 0 Å². The van der Waals surface area contributed by atoms with Crippen molar-refractivity contribution in [2.45, 2.75) is 52.4 Å². The van der Waals surface area contributed by atoms with E-state index in [2.05, 4.69) is 39.0 Å². The zero-order valence-electron chi connectivity index (χ0n) is 10.2. The van der Waals surface area contributed by atoms with Crippen LogP contribution >= 0.6 is 0 Å². The molecule has 0 saturated heterocycles. The fraction of sp³-hybridized carbons (Fsp3) is 0.600. The molecule has 1 aromatic rings. The molecule has 0 heteroatoms. The Hall–Kier alpha value is -0.780. The maximum atomic E-state index is 2.35. The largest absolute Gasteiger partial charge is 0.0651 e. The summed E-state index contributed by atoms with van der Waals surface area (Å²) in [5.41, 5.74) is 4.61. The Bertz CT molecular complexity index is 338. The van der Waals surface area contributed by atoms with E-state index < -0.39 is 0 Å². The van der Waals surface area contributed by atoms with E-state index in [1.807, 2.05) is 0 Å². The van der Waals surface area contributed by atoms with Crippen molar-refractivity contribution in [1.29, 1.82) is 0 Å². The van der Waals surface area contributed by atoms with Gasteiger partial charge < -0.3 is 0 Å². The van der Waals surface area contributed by atoms with E-state index >= 15 is 0 Å². The van der Waals surface area contributed by atoms with Crippen molar-refractivity contribution >= 4 is 0 Å². The molecular weight excluding hydrogens is 180 g/mol. The van der Waals surface area contributed by atoms with Crippen molar-refractivity contribution in [2.75, 3.05) is 0 Å². The zero-order valence-corrected chi connectivity index (χ0v) is 10.2. The van der Waals surface area contributed by atoms with Gasteiger partial charge in [-0.2, -0.15) is 0 Å². The molecule has 0 amide bonds. The van der Waals surface area contributed by atoms with Crippen molar-refractivity contribution in [3.8, 4) is 0 Å². The smallest absolute Gasteiger partial charge is 0.0131 e. The molecule has 0 aliphatic heterocycles. The molecule has 1 unspecified atom stereocenters. The van der Waals surface area contributed by atoms with Crippen LogP contribution in [0.2, 0.25) is 0 Å². The molecule has 0 radical (unpaired) electrons. The SMILES string of the molecule is CC[C@H]1CCCC1c1cccc(C)c1C. The molecule has 1 aromatic carbocycles. The maximum absolute atomic E-state index is 2.35. The summed E-state index contributed by atoms with van der Waals surface area (Å²) in [4.78, 5) is 0. The molecule has 0 bridgehead atoms. The molecule has 0 N–H and O–H groups in total. The lowest BCUT2D eigenvalue weighted by Crippen LogP contribution is -2.07. The molecule has 1 aliphatic carbocycles. The molecule has 1 fully saturated rings. The van der Waals surface area contributed by atoms with Gasteiger partial charge in [0.25, 0.3) is 0 Å². The van der Waals surface area contributed by atoms with Gasteiger partial charge in [-0.25, -0.2) is 0 Å². The van der Waals surface area contributed by atoms with Crippen molar-refractivity contribution < 1.29 is 0 Å². The summed E-state index contributed by atoms with van der Waals surface area (Å²) in [6, 6.07) is 6.80. The number of rotatable bonds is 2. The number of aryl methyl sites for hydroxylation is 1. The van der Waals surface area contributed by atoms with E-state index in [1.165, 1.54) is 36.8 Å². The van der Waals surface area contributed by atoms with Gasteiger partial charge in [-0.15, -0.1) is 0 Å². The maximum Gasteiger partial charge on any atom is -0.0131 e. The third-order valence-corrected chi connectivity index (χ3v) is 4.23. The molecule has 15 heavy (non-hydrogen) atoms. The van der Waals surface area contributed by atoms with Crippen LogP contribution in [0.15, 0.2) is 18.2 Å². The van der Waals surface area contributed by atoms with E-state index in [9.17, 15) is 0 Å². The van der Waals surface area contributed by atoms with Gasteiger partial charge in [0.1, 0.15) is 0 Å². The van der Waals surface area contributed by atoms with Gasteiger partial charge >= 0.3 is 0 Å². The summed E-state index contributed by atoms with van der Waals surface area (Å²) in [5, 5.41) is 0. The van der Waals surface area contributed by atoms with Crippen LogP contribution in [0.1, 0.15) is 55.2 Å². The standard InChI is InChI=1S/C15H22/c1-4-13-8-6-10-15(13)14-9-5-7-11(2)12(14)3/h5,7,9,13,15H,4,6,8,10H2,1-3H3/t13-,15?/m0/s1. The highest BCUT2D eigenvalue weighted by Gasteiger charge is 2.28. The zero-order chi connectivity index (χ0) is 10.8. The summed E-state index contributed by atoms with van der Waals surface area (Å²) < 4.78 is 0. The molecule has 0 nitrogen and oxygen atoms in total. The van der Waals surface area contributed by atoms with Crippen LogP contribution in [0.25, 0.3) is 0 Å². The minimum atomic E-state index is 0.842. The van der Waals surface area contributed by atoms with E-state index in [-0.39, 0.29) is 0 Å². The quantitative estimate of drug-likeness (QED) is 0.657. The fourth-order valence-corrected chi connectivity index (χ4v) is 3.11. The van der Waals surface area contributed by atoms with Gasteiger partial charge in [-0.05, 0) is 55.2 Å². The first-order valence-corrected chi connectivity index (χ1v) is 6.30. The third-order valence-electron chi connectivity index (χ3n) is 4.23. The summed E-state index contributed by atoms with van der Waals surface area (Å²) in [6.07, 6.45) is 5.62. The lowest BCUT2D eigenvalue weighted by molar-refractivity contribution is 0.468. The predicted molar refractivity (Wildman–Crippen MR) is 66.3 cm³/mol. The molecule has 1 aliphatic rings. The van der Waals surface area contributed by atoms with Crippen molar-refractivity contribution in [1.82, 2.24) is 0 Å². The second-order valence-corrected chi connectivity index (χ2v) is 4.99. The lowest BCUT2D eigenvalue weighted by atomic mass is 9.84. The van der Waals surface area contributed by atoms with Crippen LogP contribution in [0, 0.1) is 19.8 Å². The van der Waals surface area contributed by atoms with Gasteiger partial charge in [-0.3, -0.25) is 0 Å². The molecule has 1 saturated carbocycles. The molecule has 82 valence electrons. The van der Waals surface area contributed by atoms with Crippen LogP contribution in [-0.4, -0.2) is 0 Å². The first kappa shape index (κ1) is 10.7. The minimum absolute atomic E-state index is 0.842. The van der Waals surface area contributed by atoms with Crippen LogP contribution in [0.4, 0.5) is 0 Å². The van der Waals surface area contributed by atoms with E-state index in [4.69, 9.17) is 0 Å². The average molecular weight is 202 g/mol. The number of benzene rings is 1. The van der Waals surface area contributed by atoms with Gasteiger partial charge in [-0.1, -0.05) is 38.0 Å². The monoisotopic (exact) mass is 202 g/mol. The molecular formula is C15H22. The molecule has 0 heterocycles. The Morgan fingerprint density at radius 2 is 2.00 bits per heavy atom. The van der Waals surface area contributed by atoms with Crippen LogP contribution < -0.4 is 0 Å². The summed E-state index contributed by atoms with van der Waals surface area (Å²) in [5.74, 6) is 1.78. The normalized spacial score (nSPS) is 25.8. The first-order valence-electron chi connectivity index (χ1n) is 6.30. The van der Waals surface area contributed by atoms with Crippen LogP contribution in [0.3, 0.4) is 0 Å². The Labute approximate surface area is 93.7 Å². The highest BCUT2D eigenvalue weighted by Crippen LogP contribution is 2.42. The summed E-state index contributed by atoms with van der Waals surface area (Å²) in [7, 11) is 0. The summed E-state index contributed by atoms with van der Waals surface area (Å²) >= 11 is 0. The third kappa shape index (κ3) is 1.95. The van der Waals surface area contributed by atoms with Gasteiger partial charge in [0, 0.05) is 0 Å². The molecule has 0 aromatic heterocycles. The van der Waals surface area contributed by atoms with Crippen molar-refractivity contribution in [3.63, 3.8) is 0 Å². The average Bonchev–Trinajstić information content (AvgIpc) is 2.70. The molecule has 2 rings (SSSR count). The van der Waals surface area contributed by atoms with Crippen molar-refractivity contribution in [3.05, 3.63) is 34.9 Å². The number of hydrogen-bond acceptors (Lipinski definition) is 0. The van der Waals surface area contributed by atoms with Gasteiger partial charge in [0.2, 0.25) is 0 Å². The van der Waals surface area contributed by atoms with Gasteiger partial charge in [0.05, 0.1) is 0 Å². The number of hydrogen-bond donors (Lipinski definition) is 0. The first-order chi connectivity index (χ1) is 7.24. The van der Waals surface area contributed by atoms with Crippen molar-refractivity contribution in [2.24, 2.45) is 5.92 Å². The Balaban J connectivity index is 2.32. The highest BCUT2D eigenvalue weighted by atomic mass is 14.3. The Morgan fingerprint density at radius 1 is 1.20 bits per heavy atom. The topological polar surface area (TPSA) is 0 Å². The van der Waals surface area contributed by atoms with E-state index in [0.717, 1.165) is 11.8 Å². The van der Waals surface area contributed by atoms with Gasteiger partial charge in [0.15, 0.2) is 0 Å². The lowest BCUT2D eigenvalue weighted by Gasteiger charge is -2.21.